The second-order valence-corrected chi connectivity index (χ2v) is 7.45. The molecule has 19 heavy (non-hydrogen) atoms. The molecular weight excluding hydrogens is 286 g/mol. The average Bonchev–Trinajstić information content (AvgIpc) is 3.19. The zero-order valence-electron chi connectivity index (χ0n) is 10.6. The number of amides is 1. The summed E-state index contributed by atoms with van der Waals surface area (Å²) in [6, 6.07) is 6.17. The lowest BCUT2D eigenvalue weighted by Crippen LogP contribution is -2.38. The highest BCUT2D eigenvalue weighted by molar-refractivity contribution is 7.92. The third-order valence-electron chi connectivity index (χ3n) is 3.24. The molecule has 1 unspecified atom stereocenters. The van der Waals surface area contributed by atoms with Crippen LogP contribution in [0.2, 0.25) is 5.02 Å². The van der Waals surface area contributed by atoms with Crippen LogP contribution >= 0.6 is 11.6 Å². The summed E-state index contributed by atoms with van der Waals surface area (Å²) in [4.78, 5) is 11.9. The number of carbonyl (C=O) groups excluding carboxylic acids is 1. The predicted octanol–water partition coefficient (Wildman–Crippen LogP) is 2.03. The fourth-order valence-electron chi connectivity index (χ4n) is 1.72. The minimum atomic E-state index is -3.74. The minimum Gasteiger partial charge on any atom is -0.355 e. The molecule has 4 nitrogen and oxygen atoms in total. The highest BCUT2D eigenvalue weighted by atomic mass is 35.5. The van der Waals surface area contributed by atoms with E-state index in [1.54, 1.807) is 12.1 Å². The first kappa shape index (κ1) is 14.3. The van der Waals surface area contributed by atoms with Gasteiger partial charge in [-0.3, -0.25) is 4.79 Å². The Morgan fingerprint density at radius 1 is 1.42 bits per heavy atom. The second-order valence-electron chi connectivity index (χ2n) is 4.81. The van der Waals surface area contributed by atoms with Crippen LogP contribution in [0.3, 0.4) is 0 Å². The van der Waals surface area contributed by atoms with E-state index in [2.05, 4.69) is 5.32 Å². The fourth-order valence-corrected chi connectivity index (χ4v) is 3.53. The van der Waals surface area contributed by atoms with Crippen LogP contribution in [0, 0.1) is 5.92 Å². The number of rotatable bonds is 5. The van der Waals surface area contributed by atoms with Crippen molar-refractivity contribution in [3.63, 3.8) is 0 Å². The second kappa shape index (κ2) is 5.51. The van der Waals surface area contributed by atoms with Crippen molar-refractivity contribution in [3.8, 4) is 0 Å². The molecule has 1 saturated carbocycles. The van der Waals surface area contributed by atoms with E-state index in [0.29, 0.717) is 12.5 Å². The third kappa shape index (κ3) is 3.28. The van der Waals surface area contributed by atoms with Crippen LogP contribution in [0.15, 0.2) is 29.2 Å². The lowest BCUT2D eigenvalue weighted by molar-refractivity contribution is -0.120. The Hall–Kier alpha value is -1.07. The van der Waals surface area contributed by atoms with Gasteiger partial charge < -0.3 is 5.32 Å². The summed E-state index contributed by atoms with van der Waals surface area (Å²) in [6.45, 7) is 1.95. The molecule has 0 aromatic heterocycles. The molecular formula is C13H16ClNO3S. The van der Waals surface area contributed by atoms with Crippen molar-refractivity contribution in [2.45, 2.75) is 29.9 Å². The lowest BCUT2D eigenvalue weighted by Gasteiger charge is -2.14. The van der Waals surface area contributed by atoms with Gasteiger partial charge in [0.2, 0.25) is 5.91 Å². The van der Waals surface area contributed by atoms with Gasteiger partial charge in [0.05, 0.1) is 9.92 Å². The summed E-state index contributed by atoms with van der Waals surface area (Å²) >= 11 is 5.88. The van der Waals surface area contributed by atoms with E-state index in [9.17, 15) is 13.2 Å². The van der Waals surface area contributed by atoms with Crippen molar-refractivity contribution >= 4 is 27.3 Å². The predicted molar refractivity (Wildman–Crippen MR) is 73.8 cm³/mol. The Morgan fingerprint density at radius 3 is 2.63 bits per heavy atom. The highest BCUT2D eigenvalue weighted by Crippen LogP contribution is 2.28. The number of benzene rings is 1. The molecule has 0 spiro atoms. The van der Waals surface area contributed by atoms with Crippen LogP contribution in [0.25, 0.3) is 0 Å². The molecule has 6 heteroatoms. The number of hydrogen-bond acceptors (Lipinski definition) is 3. The van der Waals surface area contributed by atoms with Crippen molar-refractivity contribution in [3.05, 3.63) is 29.3 Å². The van der Waals surface area contributed by atoms with Crippen molar-refractivity contribution in [1.29, 1.82) is 0 Å². The maximum absolute atomic E-state index is 12.3. The third-order valence-corrected chi connectivity index (χ3v) is 5.80. The van der Waals surface area contributed by atoms with Gasteiger partial charge in [-0.1, -0.05) is 23.7 Å². The molecule has 1 aromatic carbocycles. The monoisotopic (exact) mass is 301 g/mol. The summed E-state index contributed by atoms with van der Waals surface area (Å²) in [7, 11) is -3.74. The van der Waals surface area contributed by atoms with Crippen LogP contribution in [0.1, 0.15) is 19.8 Å². The molecule has 1 aromatic rings. The van der Waals surface area contributed by atoms with Gasteiger partial charge >= 0.3 is 0 Å². The normalized spacial score (nSPS) is 16.9. The topological polar surface area (TPSA) is 63.2 Å². The molecule has 0 saturated heterocycles. The largest absolute Gasteiger partial charge is 0.355 e. The number of halogens is 1. The van der Waals surface area contributed by atoms with Gasteiger partial charge in [-0.25, -0.2) is 8.42 Å². The van der Waals surface area contributed by atoms with Gasteiger partial charge in [-0.2, -0.15) is 0 Å². The van der Waals surface area contributed by atoms with E-state index in [4.69, 9.17) is 11.6 Å². The first-order valence-electron chi connectivity index (χ1n) is 6.19. The van der Waals surface area contributed by atoms with E-state index in [1.165, 1.54) is 19.1 Å². The summed E-state index contributed by atoms with van der Waals surface area (Å²) in [5, 5.41) is 1.69. The number of hydrogen-bond donors (Lipinski definition) is 1. The standard InChI is InChI=1S/C13H16ClNO3S/c1-9(13(16)15-8-10-6-7-10)19(17,18)12-5-3-2-4-11(12)14/h2-5,9-10H,6-8H2,1H3,(H,15,16). The average molecular weight is 302 g/mol. The van der Waals surface area contributed by atoms with Gasteiger partial charge in [-0.15, -0.1) is 0 Å². The quantitative estimate of drug-likeness (QED) is 0.905. The highest BCUT2D eigenvalue weighted by Gasteiger charge is 2.32. The van der Waals surface area contributed by atoms with Crippen molar-refractivity contribution in [2.24, 2.45) is 5.92 Å². The Bertz CT molecular complexity index is 581. The summed E-state index contributed by atoms with van der Waals surface area (Å²) < 4.78 is 24.6. The Morgan fingerprint density at radius 2 is 2.05 bits per heavy atom. The van der Waals surface area contributed by atoms with Crippen LogP contribution in [0.4, 0.5) is 0 Å². The van der Waals surface area contributed by atoms with E-state index in [-0.39, 0.29) is 9.92 Å². The van der Waals surface area contributed by atoms with Crippen LogP contribution in [-0.2, 0) is 14.6 Å². The van der Waals surface area contributed by atoms with E-state index < -0.39 is 21.0 Å². The summed E-state index contributed by atoms with van der Waals surface area (Å²) in [5.41, 5.74) is 0. The molecule has 1 fully saturated rings. The maximum Gasteiger partial charge on any atom is 0.238 e. The molecule has 1 N–H and O–H groups in total. The fraction of sp³-hybridized carbons (Fsp3) is 0.462. The first-order valence-corrected chi connectivity index (χ1v) is 8.11. The zero-order chi connectivity index (χ0) is 14.0. The zero-order valence-corrected chi connectivity index (χ0v) is 12.2. The molecule has 0 aliphatic heterocycles. The number of sulfone groups is 1. The number of nitrogens with one attached hydrogen (secondary N) is 1. The van der Waals surface area contributed by atoms with Gasteiger partial charge in [-0.05, 0) is 37.8 Å². The van der Waals surface area contributed by atoms with Crippen LogP contribution < -0.4 is 5.32 Å². The molecule has 0 radical (unpaired) electrons. The molecule has 1 atom stereocenters. The van der Waals surface area contributed by atoms with E-state index in [0.717, 1.165) is 12.8 Å². The van der Waals surface area contributed by atoms with E-state index >= 15 is 0 Å². The van der Waals surface area contributed by atoms with Crippen molar-refractivity contribution in [1.82, 2.24) is 5.32 Å². The Labute approximate surface area is 118 Å². The maximum atomic E-state index is 12.3. The molecule has 0 bridgehead atoms. The van der Waals surface area contributed by atoms with Crippen LogP contribution in [-0.4, -0.2) is 26.1 Å². The van der Waals surface area contributed by atoms with Crippen LogP contribution in [0.5, 0.6) is 0 Å². The van der Waals surface area contributed by atoms with Gasteiger partial charge in [0.15, 0.2) is 9.84 Å². The van der Waals surface area contributed by atoms with Crippen molar-refractivity contribution < 1.29 is 13.2 Å². The van der Waals surface area contributed by atoms with Gasteiger partial charge in [0.25, 0.3) is 0 Å². The molecule has 2 rings (SSSR count). The Balaban J connectivity index is 2.14. The van der Waals surface area contributed by atoms with E-state index in [1.807, 2.05) is 0 Å². The van der Waals surface area contributed by atoms with Crippen molar-refractivity contribution in [2.75, 3.05) is 6.54 Å². The molecule has 1 amide bonds. The molecule has 1 aliphatic carbocycles. The summed E-state index contributed by atoms with van der Waals surface area (Å²) in [6.07, 6.45) is 2.21. The summed E-state index contributed by atoms with van der Waals surface area (Å²) in [5.74, 6) is 0.0472. The lowest BCUT2D eigenvalue weighted by atomic mass is 10.4. The van der Waals surface area contributed by atoms with Gasteiger partial charge in [0, 0.05) is 6.54 Å². The molecule has 1 aliphatic rings. The molecule has 0 heterocycles. The first-order chi connectivity index (χ1) is 8.93. The smallest absolute Gasteiger partial charge is 0.238 e. The Kier molecular flexibility index (Phi) is 4.16. The SMILES string of the molecule is CC(C(=O)NCC1CC1)S(=O)(=O)c1ccccc1Cl. The van der Waals surface area contributed by atoms with Gasteiger partial charge in [0.1, 0.15) is 5.25 Å². The number of carbonyl (C=O) groups is 1. The minimum absolute atomic E-state index is 0.00531. The molecule has 104 valence electrons.